The minimum Gasteiger partial charge on any atom is -0.493 e. The Labute approximate surface area is 191 Å². The van der Waals surface area contributed by atoms with E-state index in [4.69, 9.17) is 32.7 Å². The zero-order valence-electron chi connectivity index (χ0n) is 17.7. The number of hydrogen-bond donors (Lipinski definition) is 2. The summed E-state index contributed by atoms with van der Waals surface area (Å²) in [6.45, 7) is 5.99. The van der Waals surface area contributed by atoms with Gasteiger partial charge in [0.1, 0.15) is 6.61 Å². The normalized spacial score (nSPS) is 16.3. The van der Waals surface area contributed by atoms with E-state index in [1.165, 1.54) is 7.11 Å². The summed E-state index contributed by atoms with van der Waals surface area (Å²) in [5.41, 5.74) is 2.02. The van der Waals surface area contributed by atoms with Gasteiger partial charge in [-0.05, 0) is 29.8 Å². The molecule has 0 fully saturated rings. The number of methoxy groups -OCH3 is 1. The van der Waals surface area contributed by atoms with Gasteiger partial charge in [-0.25, -0.2) is 4.79 Å². The van der Waals surface area contributed by atoms with Crippen LogP contribution < -0.4 is 20.1 Å². The molecule has 0 saturated heterocycles. The molecule has 0 aliphatic carbocycles. The number of urea groups is 1. The minimum absolute atomic E-state index is 0.163. The van der Waals surface area contributed by atoms with Crippen LogP contribution in [0.5, 0.6) is 11.5 Å². The fourth-order valence-corrected chi connectivity index (χ4v) is 3.84. The van der Waals surface area contributed by atoms with E-state index in [1.807, 2.05) is 20.8 Å². The van der Waals surface area contributed by atoms with Crippen LogP contribution in [0.25, 0.3) is 0 Å². The monoisotopic (exact) mass is 459 g/mol. The molecule has 0 spiro atoms. The Hall–Kier alpha value is -2.88. The van der Waals surface area contributed by atoms with Crippen molar-refractivity contribution in [1.82, 2.24) is 10.6 Å². The maximum Gasteiger partial charge on any atom is 0.319 e. The van der Waals surface area contributed by atoms with E-state index in [9.17, 15) is 10.1 Å². The molecule has 2 amide bonds. The number of amides is 2. The summed E-state index contributed by atoms with van der Waals surface area (Å²) in [4.78, 5) is 12.3. The molecule has 2 N–H and O–H groups in total. The molecule has 3 rings (SSSR count). The number of nitriles is 1. The first-order chi connectivity index (χ1) is 14.7. The van der Waals surface area contributed by atoms with Crippen LogP contribution in [0.15, 0.2) is 47.7 Å². The molecule has 8 heteroatoms. The summed E-state index contributed by atoms with van der Waals surface area (Å²) in [5.74, 6) is 0.948. The number of benzene rings is 2. The first-order valence-corrected chi connectivity index (χ1v) is 10.4. The maximum absolute atomic E-state index is 12.3. The first-order valence-electron chi connectivity index (χ1n) is 9.61. The summed E-state index contributed by atoms with van der Waals surface area (Å²) in [6, 6.07) is 11.8. The molecular weight excluding hydrogens is 437 g/mol. The molecular formula is C23H23Cl2N3O3. The highest BCUT2D eigenvalue weighted by atomic mass is 35.5. The molecule has 6 nitrogen and oxygen atoms in total. The molecule has 0 saturated carbocycles. The first kappa shape index (κ1) is 22.8. The summed E-state index contributed by atoms with van der Waals surface area (Å²) in [7, 11) is 1.52. The third-order valence-electron chi connectivity index (χ3n) is 4.90. The van der Waals surface area contributed by atoms with Gasteiger partial charge >= 0.3 is 6.03 Å². The molecule has 162 valence electrons. The molecule has 1 heterocycles. The number of carbonyl (C=O) groups is 1. The van der Waals surface area contributed by atoms with Crippen LogP contribution in [-0.2, 0) is 6.61 Å². The third kappa shape index (κ3) is 4.90. The van der Waals surface area contributed by atoms with E-state index in [0.29, 0.717) is 43.9 Å². The van der Waals surface area contributed by atoms with Crippen LogP contribution in [0.4, 0.5) is 4.79 Å². The van der Waals surface area contributed by atoms with E-state index in [2.05, 4.69) is 16.7 Å². The Bertz CT molecular complexity index is 1060. The van der Waals surface area contributed by atoms with Crippen LogP contribution in [0.1, 0.15) is 37.9 Å². The summed E-state index contributed by atoms with van der Waals surface area (Å²) >= 11 is 12.4. The fraction of sp³-hybridized carbons (Fsp3) is 0.304. The van der Waals surface area contributed by atoms with Crippen molar-refractivity contribution in [3.8, 4) is 17.6 Å². The van der Waals surface area contributed by atoms with Crippen LogP contribution in [0, 0.1) is 16.7 Å². The summed E-state index contributed by atoms with van der Waals surface area (Å²) in [5, 5.41) is 16.4. The second-order valence-electron chi connectivity index (χ2n) is 8.08. The zero-order valence-corrected chi connectivity index (χ0v) is 19.2. The van der Waals surface area contributed by atoms with E-state index in [0.717, 1.165) is 0 Å². The van der Waals surface area contributed by atoms with Crippen molar-refractivity contribution >= 4 is 29.2 Å². The van der Waals surface area contributed by atoms with Crippen molar-refractivity contribution in [3.05, 3.63) is 68.8 Å². The molecule has 0 radical (unpaired) electrons. The van der Waals surface area contributed by atoms with Crippen molar-refractivity contribution < 1.29 is 14.3 Å². The van der Waals surface area contributed by atoms with Crippen LogP contribution >= 0.6 is 23.2 Å². The number of ether oxygens (including phenoxy) is 2. The van der Waals surface area contributed by atoms with Crippen LogP contribution in [0.2, 0.25) is 10.0 Å². The van der Waals surface area contributed by atoms with Gasteiger partial charge < -0.3 is 20.1 Å². The lowest BCUT2D eigenvalue weighted by molar-refractivity contribution is 0.235. The average Bonchev–Trinajstić information content (AvgIpc) is 2.72. The van der Waals surface area contributed by atoms with Crippen molar-refractivity contribution in [3.63, 3.8) is 0 Å². The predicted octanol–water partition coefficient (Wildman–Crippen LogP) is 5.76. The minimum atomic E-state index is -0.603. The predicted molar refractivity (Wildman–Crippen MR) is 120 cm³/mol. The number of carbonyl (C=O) groups excluding carboxylic acids is 1. The Morgan fingerprint density at radius 1 is 1.13 bits per heavy atom. The Morgan fingerprint density at radius 3 is 2.39 bits per heavy atom. The number of nitrogens with one attached hydrogen (secondary N) is 2. The van der Waals surface area contributed by atoms with Gasteiger partial charge in [0.05, 0.1) is 24.8 Å². The Kier molecular flexibility index (Phi) is 6.68. The van der Waals surface area contributed by atoms with Crippen LogP contribution in [-0.4, -0.2) is 13.1 Å². The number of halogens is 2. The van der Waals surface area contributed by atoms with Gasteiger partial charge in [-0.2, -0.15) is 5.26 Å². The highest BCUT2D eigenvalue weighted by molar-refractivity contribution is 6.35. The maximum atomic E-state index is 12.3. The molecule has 2 aromatic rings. The Balaban J connectivity index is 1.94. The van der Waals surface area contributed by atoms with Crippen molar-refractivity contribution in [2.24, 2.45) is 5.41 Å². The highest BCUT2D eigenvalue weighted by Crippen LogP contribution is 2.38. The van der Waals surface area contributed by atoms with Gasteiger partial charge in [-0.1, -0.05) is 56.1 Å². The summed E-state index contributed by atoms with van der Waals surface area (Å²) in [6.07, 6.45) is 0. The number of rotatable bonds is 5. The lowest BCUT2D eigenvalue weighted by atomic mass is 9.84. The number of allylic oxidation sites excluding steroid dienone is 1. The fourth-order valence-electron chi connectivity index (χ4n) is 3.33. The van der Waals surface area contributed by atoms with E-state index >= 15 is 0 Å². The van der Waals surface area contributed by atoms with Gasteiger partial charge in [0.2, 0.25) is 0 Å². The van der Waals surface area contributed by atoms with E-state index < -0.39 is 11.5 Å². The van der Waals surface area contributed by atoms with Gasteiger partial charge in [-0.3, -0.25) is 0 Å². The van der Waals surface area contributed by atoms with Gasteiger partial charge in [0, 0.05) is 26.7 Å². The lowest BCUT2D eigenvalue weighted by Crippen LogP contribution is -2.46. The second-order valence-corrected chi connectivity index (χ2v) is 8.90. The molecule has 0 aromatic heterocycles. The molecule has 1 aliphatic rings. The highest BCUT2D eigenvalue weighted by Gasteiger charge is 2.34. The topological polar surface area (TPSA) is 83.4 Å². The summed E-state index contributed by atoms with van der Waals surface area (Å²) < 4.78 is 11.4. The molecule has 2 aromatic carbocycles. The average molecular weight is 460 g/mol. The molecule has 0 bridgehead atoms. The van der Waals surface area contributed by atoms with Crippen molar-refractivity contribution in [2.45, 2.75) is 33.4 Å². The van der Waals surface area contributed by atoms with Gasteiger partial charge in [-0.15, -0.1) is 0 Å². The molecule has 1 atom stereocenters. The van der Waals surface area contributed by atoms with E-state index in [1.54, 1.807) is 36.4 Å². The van der Waals surface area contributed by atoms with Gasteiger partial charge in [0.25, 0.3) is 0 Å². The SMILES string of the molecule is COc1cc([C@H]2NC(=O)NC(C(C)(C)C)=C2C#N)ccc1OCc1c(Cl)cccc1Cl. The third-order valence-corrected chi connectivity index (χ3v) is 5.61. The zero-order chi connectivity index (χ0) is 22.8. The lowest BCUT2D eigenvalue weighted by Gasteiger charge is -2.33. The number of nitrogens with zero attached hydrogens (tertiary/aromatic N) is 1. The quantitative estimate of drug-likeness (QED) is 0.595. The van der Waals surface area contributed by atoms with Gasteiger partial charge in [0.15, 0.2) is 11.5 Å². The molecule has 31 heavy (non-hydrogen) atoms. The van der Waals surface area contributed by atoms with E-state index in [-0.39, 0.29) is 12.6 Å². The molecule has 0 unspecified atom stereocenters. The Morgan fingerprint density at radius 2 is 1.81 bits per heavy atom. The standard InChI is InChI=1S/C23H23Cl2N3O3/c1-23(2,3)21-14(11-26)20(27-22(29)28-21)13-8-9-18(19(10-13)30-4)31-12-15-16(24)6-5-7-17(15)25/h5-10,20H,12H2,1-4H3,(H2,27,28,29)/t20-/m1/s1. The van der Waals surface area contributed by atoms with Crippen LogP contribution in [0.3, 0.4) is 0 Å². The smallest absolute Gasteiger partial charge is 0.319 e. The van der Waals surface area contributed by atoms with Crippen molar-refractivity contribution in [2.75, 3.05) is 7.11 Å². The van der Waals surface area contributed by atoms with Crippen molar-refractivity contribution in [1.29, 1.82) is 5.26 Å². The largest absolute Gasteiger partial charge is 0.493 e. The number of hydrogen-bond acceptors (Lipinski definition) is 4. The molecule has 1 aliphatic heterocycles. The second kappa shape index (κ2) is 9.09.